The number of guanidine groups is 1. The van der Waals surface area contributed by atoms with Crippen LogP contribution in [0.3, 0.4) is 0 Å². The van der Waals surface area contributed by atoms with Crippen molar-refractivity contribution in [2.24, 2.45) is 4.99 Å². The number of benzene rings is 1. The van der Waals surface area contributed by atoms with Crippen LogP contribution in [0.4, 0.5) is 10.2 Å². The standard InChI is InChI=1S/C22H30FN5O/c1-16(2)29-15-18-7-4-6-17(12-18)13-26-22(24-3)27-19-9-11-28(14-19)21-20(23)8-5-10-25-21/h4-8,10,12,16,19H,9,11,13-15H2,1-3H3,(H2,24,26,27). The summed E-state index contributed by atoms with van der Waals surface area (Å²) in [5.41, 5.74) is 2.33. The van der Waals surface area contributed by atoms with Crippen molar-refractivity contribution in [3.63, 3.8) is 0 Å². The van der Waals surface area contributed by atoms with E-state index >= 15 is 0 Å². The molecule has 0 radical (unpaired) electrons. The number of aliphatic imine (C=N–C) groups is 1. The molecule has 2 N–H and O–H groups in total. The lowest BCUT2D eigenvalue weighted by molar-refractivity contribution is 0.0657. The lowest BCUT2D eigenvalue weighted by Crippen LogP contribution is -2.44. The average molecular weight is 400 g/mol. The van der Waals surface area contributed by atoms with Gasteiger partial charge in [-0.2, -0.15) is 0 Å². The first kappa shape index (κ1) is 21.0. The van der Waals surface area contributed by atoms with E-state index in [0.717, 1.165) is 24.5 Å². The number of ether oxygens (including phenoxy) is 1. The number of hydrogen-bond donors (Lipinski definition) is 2. The Hall–Kier alpha value is -2.67. The Morgan fingerprint density at radius 1 is 1.31 bits per heavy atom. The molecule has 0 amide bonds. The van der Waals surface area contributed by atoms with Gasteiger partial charge in [-0.1, -0.05) is 24.3 Å². The van der Waals surface area contributed by atoms with E-state index in [-0.39, 0.29) is 18.0 Å². The summed E-state index contributed by atoms with van der Waals surface area (Å²) < 4.78 is 19.6. The summed E-state index contributed by atoms with van der Waals surface area (Å²) in [6.45, 7) is 6.80. The molecule has 1 aromatic carbocycles. The van der Waals surface area contributed by atoms with Gasteiger partial charge in [0.1, 0.15) is 0 Å². The second kappa shape index (κ2) is 10.2. The van der Waals surface area contributed by atoms with E-state index in [9.17, 15) is 4.39 Å². The van der Waals surface area contributed by atoms with Crippen LogP contribution in [0, 0.1) is 5.82 Å². The highest BCUT2D eigenvalue weighted by Crippen LogP contribution is 2.20. The Morgan fingerprint density at radius 3 is 2.90 bits per heavy atom. The van der Waals surface area contributed by atoms with Crippen LogP contribution in [-0.2, 0) is 17.9 Å². The van der Waals surface area contributed by atoms with Crippen molar-refractivity contribution in [1.29, 1.82) is 0 Å². The normalized spacial score (nSPS) is 17.1. The van der Waals surface area contributed by atoms with Crippen LogP contribution < -0.4 is 15.5 Å². The third-order valence-corrected chi connectivity index (χ3v) is 4.83. The maximum Gasteiger partial charge on any atom is 0.191 e. The van der Waals surface area contributed by atoms with Gasteiger partial charge in [-0.05, 0) is 43.5 Å². The van der Waals surface area contributed by atoms with Crippen molar-refractivity contribution in [2.45, 2.75) is 45.6 Å². The van der Waals surface area contributed by atoms with Crippen LogP contribution in [0.15, 0.2) is 47.6 Å². The molecule has 1 aliphatic heterocycles. The van der Waals surface area contributed by atoms with E-state index in [1.807, 2.05) is 24.8 Å². The van der Waals surface area contributed by atoms with Crippen molar-refractivity contribution < 1.29 is 9.13 Å². The fourth-order valence-corrected chi connectivity index (χ4v) is 3.35. The maximum atomic E-state index is 14.0. The van der Waals surface area contributed by atoms with Crippen molar-refractivity contribution in [3.8, 4) is 0 Å². The third kappa shape index (κ3) is 6.15. The van der Waals surface area contributed by atoms with E-state index in [0.29, 0.717) is 25.5 Å². The van der Waals surface area contributed by atoms with Crippen LogP contribution in [0.25, 0.3) is 0 Å². The molecule has 2 heterocycles. The molecular weight excluding hydrogens is 369 g/mol. The van der Waals surface area contributed by atoms with Crippen molar-refractivity contribution >= 4 is 11.8 Å². The van der Waals surface area contributed by atoms with E-state index in [2.05, 4.69) is 38.8 Å². The average Bonchev–Trinajstić information content (AvgIpc) is 3.18. The van der Waals surface area contributed by atoms with Gasteiger partial charge in [0.05, 0.1) is 12.7 Å². The summed E-state index contributed by atoms with van der Waals surface area (Å²) in [5, 5.41) is 6.79. The highest BCUT2D eigenvalue weighted by molar-refractivity contribution is 5.80. The molecule has 156 valence electrons. The van der Waals surface area contributed by atoms with Crippen LogP contribution in [-0.4, -0.2) is 43.2 Å². The minimum atomic E-state index is -0.281. The Balaban J connectivity index is 1.50. The van der Waals surface area contributed by atoms with Crippen LogP contribution in [0.2, 0.25) is 0 Å². The van der Waals surface area contributed by atoms with Gasteiger partial charge in [0.15, 0.2) is 17.6 Å². The lowest BCUT2D eigenvalue weighted by Gasteiger charge is -2.20. The molecule has 0 spiro atoms. The lowest BCUT2D eigenvalue weighted by atomic mass is 10.1. The Kier molecular flexibility index (Phi) is 7.41. The quantitative estimate of drug-likeness (QED) is 0.553. The molecule has 1 saturated heterocycles. The predicted molar refractivity (Wildman–Crippen MR) is 115 cm³/mol. The summed E-state index contributed by atoms with van der Waals surface area (Å²) in [6.07, 6.45) is 2.74. The molecule has 29 heavy (non-hydrogen) atoms. The zero-order valence-electron chi connectivity index (χ0n) is 17.4. The van der Waals surface area contributed by atoms with Crippen molar-refractivity contribution in [1.82, 2.24) is 15.6 Å². The molecule has 1 unspecified atom stereocenters. The molecule has 0 aliphatic carbocycles. The molecule has 0 bridgehead atoms. The van der Waals surface area contributed by atoms with Gasteiger partial charge < -0.3 is 20.3 Å². The van der Waals surface area contributed by atoms with Crippen LogP contribution in [0.5, 0.6) is 0 Å². The van der Waals surface area contributed by atoms with Gasteiger partial charge in [-0.15, -0.1) is 0 Å². The number of nitrogens with one attached hydrogen (secondary N) is 2. The molecule has 6 nitrogen and oxygen atoms in total. The van der Waals surface area contributed by atoms with Crippen LogP contribution >= 0.6 is 0 Å². The molecular formula is C22H30FN5O. The molecule has 1 aromatic heterocycles. The van der Waals surface area contributed by atoms with E-state index in [1.54, 1.807) is 19.3 Å². The summed E-state index contributed by atoms with van der Waals surface area (Å²) in [5.74, 6) is 0.874. The number of rotatable bonds is 7. The summed E-state index contributed by atoms with van der Waals surface area (Å²) in [6, 6.07) is 11.6. The zero-order chi connectivity index (χ0) is 20.6. The number of halogens is 1. The monoisotopic (exact) mass is 399 g/mol. The smallest absolute Gasteiger partial charge is 0.191 e. The number of anilines is 1. The van der Waals surface area contributed by atoms with Crippen LogP contribution in [0.1, 0.15) is 31.4 Å². The third-order valence-electron chi connectivity index (χ3n) is 4.83. The second-order valence-corrected chi connectivity index (χ2v) is 7.49. The Bertz CT molecular complexity index is 826. The van der Waals surface area contributed by atoms with E-state index in [1.165, 1.54) is 11.6 Å². The van der Waals surface area contributed by atoms with Gasteiger partial charge in [0, 0.05) is 38.9 Å². The zero-order valence-corrected chi connectivity index (χ0v) is 17.4. The first-order chi connectivity index (χ1) is 14.0. The molecule has 1 atom stereocenters. The predicted octanol–water partition coefficient (Wildman–Crippen LogP) is 3.09. The first-order valence-corrected chi connectivity index (χ1v) is 10.1. The van der Waals surface area contributed by atoms with Crippen molar-refractivity contribution in [2.75, 3.05) is 25.0 Å². The molecule has 3 rings (SSSR count). The fraction of sp³-hybridized carbons (Fsp3) is 0.455. The minimum Gasteiger partial charge on any atom is -0.374 e. The van der Waals surface area contributed by atoms with Gasteiger partial charge >= 0.3 is 0 Å². The molecule has 1 fully saturated rings. The number of hydrogen-bond acceptors (Lipinski definition) is 4. The fourth-order valence-electron chi connectivity index (χ4n) is 3.35. The maximum absolute atomic E-state index is 14.0. The largest absolute Gasteiger partial charge is 0.374 e. The molecule has 0 saturated carbocycles. The minimum absolute atomic E-state index is 0.188. The SMILES string of the molecule is CN=C(NCc1cccc(COC(C)C)c1)NC1CCN(c2ncccc2F)C1. The second-order valence-electron chi connectivity index (χ2n) is 7.49. The van der Waals surface area contributed by atoms with Gasteiger partial charge in [-0.25, -0.2) is 9.37 Å². The Morgan fingerprint density at radius 2 is 2.14 bits per heavy atom. The number of nitrogens with zero attached hydrogens (tertiary/aromatic N) is 3. The van der Waals surface area contributed by atoms with Crippen molar-refractivity contribution in [3.05, 3.63) is 59.5 Å². The summed E-state index contributed by atoms with van der Waals surface area (Å²) in [7, 11) is 1.76. The van der Waals surface area contributed by atoms with E-state index in [4.69, 9.17) is 4.74 Å². The molecule has 2 aromatic rings. The highest BCUT2D eigenvalue weighted by Gasteiger charge is 2.25. The Labute approximate surface area is 172 Å². The summed E-state index contributed by atoms with van der Waals surface area (Å²) >= 11 is 0. The highest BCUT2D eigenvalue weighted by atomic mass is 19.1. The topological polar surface area (TPSA) is 61.8 Å². The first-order valence-electron chi connectivity index (χ1n) is 10.1. The number of aromatic nitrogens is 1. The van der Waals surface area contributed by atoms with Gasteiger partial charge in [-0.3, -0.25) is 4.99 Å². The number of pyridine rings is 1. The van der Waals surface area contributed by atoms with E-state index < -0.39 is 0 Å². The molecule has 7 heteroatoms. The molecule has 1 aliphatic rings. The summed E-state index contributed by atoms with van der Waals surface area (Å²) in [4.78, 5) is 10.5. The van der Waals surface area contributed by atoms with Gasteiger partial charge in [0.25, 0.3) is 0 Å². The van der Waals surface area contributed by atoms with Gasteiger partial charge in [0.2, 0.25) is 0 Å².